The maximum Gasteiger partial charge on any atom is 0.342 e. The van der Waals surface area contributed by atoms with Crippen LogP contribution < -0.4 is 0 Å². The lowest BCUT2D eigenvalue weighted by atomic mass is 9.78. The number of methoxy groups -OCH3 is 1. The van der Waals surface area contributed by atoms with Gasteiger partial charge < -0.3 is 54.0 Å². The second-order valence-electron chi connectivity index (χ2n) is 9.18. The molecule has 0 aliphatic carbocycles. The Labute approximate surface area is 206 Å². The number of rotatable bonds is 4. The number of hydrogen-bond acceptors (Lipinski definition) is 14. The van der Waals surface area contributed by atoms with E-state index in [2.05, 4.69) is 0 Å². The second kappa shape index (κ2) is 11.0. The largest absolute Gasteiger partial charge is 0.471 e. The highest BCUT2D eigenvalue weighted by atomic mass is 16.8. The number of aliphatic hydroxyl groups excluding tert-OH is 4. The molecule has 204 valence electrons. The van der Waals surface area contributed by atoms with Gasteiger partial charge in [-0.3, -0.25) is 4.79 Å². The third kappa shape index (κ3) is 5.34. The number of carbonyl (C=O) groups is 3. The third-order valence-corrected chi connectivity index (χ3v) is 6.78. The lowest BCUT2D eigenvalue weighted by Crippen LogP contribution is -2.61. The summed E-state index contributed by atoms with van der Waals surface area (Å²) in [6.45, 7) is 3.16. The monoisotopic (exact) mass is 520 g/mol. The van der Waals surface area contributed by atoms with E-state index in [1.54, 1.807) is 0 Å². The van der Waals surface area contributed by atoms with Crippen molar-refractivity contribution in [3.63, 3.8) is 0 Å². The van der Waals surface area contributed by atoms with E-state index < -0.39 is 97.6 Å². The fraction of sp³-hybridized carbons (Fsp3) is 0.773. The quantitative estimate of drug-likeness (QED) is 0.191. The van der Waals surface area contributed by atoms with E-state index in [1.165, 1.54) is 13.8 Å². The lowest BCUT2D eigenvalue weighted by molar-refractivity contribution is -0.345. The number of carbonyl (C=O) groups excluding carboxylic acids is 3. The standard InChI is InChI=1S/C22H32O14/c1-8-14-10(5-13(24)34-9(2)22(3,30)21(29)33-8)11(18(28)31-4)7-32-19(14)36-20-17(27)16(26)15(25)12(6-23)35-20/h7-10,12,14-17,19-20,23,25-27,30H,5-6H2,1-4H3/t8-,9-,10+,12+,14+,15+,16-,17+,19-,20-,22-/m0/s1. The van der Waals surface area contributed by atoms with Crippen molar-refractivity contribution in [3.05, 3.63) is 11.8 Å². The number of fused-ring (bicyclic) bond motifs is 1. The van der Waals surface area contributed by atoms with Crippen molar-refractivity contribution in [2.75, 3.05) is 13.7 Å². The molecule has 0 radical (unpaired) electrons. The van der Waals surface area contributed by atoms with Gasteiger partial charge in [-0.05, 0) is 20.8 Å². The van der Waals surface area contributed by atoms with Gasteiger partial charge in [-0.25, -0.2) is 9.59 Å². The Bertz CT molecular complexity index is 869. The summed E-state index contributed by atoms with van der Waals surface area (Å²) >= 11 is 0. The second-order valence-corrected chi connectivity index (χ2v) is 9.18. The third-order valence-electron chi connectivity index (χ3n) is 6.78. The van der Waals surface area contributed by atoms with Gasteiger partial charge in [0.05, 0.1) is 37.9 Å². The maximum atomic E-state index is 12.7. The molecule has 0 aromatic rings. The zero-order chi connectivity index (χ0) is 26.9. The molecule has 0 bridgehead atoms. The van der Waals surface area contributed by atoms with Crippen LogP contribution in [0, 0.1) is 11.8 Å². The predicted octanol–water partition coefficient (Wildman–Crippen LogP) is -2.53. The molecule has 0 aromatic carbocycles. The Morgan fingerprint density at radius 2 is 1.78 bits per heavy atom. The Balaban J connectivity index is 1.99. The van der Waals surface area contributed by atoms with Crippen LogP contribution >= 0.6 is 0 Å². The molecule has 0 unspecified atom stereocenters. The zero-order valence-corrected chi connectivity index (χ0v) is 20.2. The normalized spacial score (nSPS) is 43.8. The fourth-order valence-electron chi connectivity index (χ4n) is 4.33. The van der Waals surface area contributed by atoms with Gasteiger partial charge in [0.25, 0.3) is 0 Å². The van der Waals surface area contributed by atoms with Crippen LogP contribution in [0.15, 0.2) is 11.8 Å². The molecule has 0 aromatic heterocycles. The minimum absolute atomic E-state index is 0.0870. The van der Waals surface area contributed by atoms with Crippen molar-refractivity contribution in [2.24, 2.45) is 11.8 Å². The minimum atomic E-state index is -2.19. The average Bonchev–Trinajstić information content (AvgIpc) is 2.83. The van der Waals surface area contributed by atoms with Crippen LogP contribution in [0.2, 0.25) is 0 Å². The highest BCUT2D eigenvalue weighted by molar-refractivity contribution is 5.90. The van der Waals surface area contributed by atoms with Gasteiger partial charge in [0.2, 0.25) is 6.29 Å². The molecule has 36 heavy (non-hydrogen) atoms. The number of ether oxygens (including phenoxy) is 6. The molecule has 2 fully saturated rings. The van der Waals surface area contributed by atoms with Crippen molar-refractivity contribution in [1.29, 1.82) is 0 Å². The van der Waals surface area contributed by atoms with Crippen LogP contribution in [0.5, 0.6) is 0 Å². The summed E-state index contributed by atoms with van der Waals surface area (Å²) in [7, 11) is 1.12. The van der Waals surface area contributed by atoms with Crippen LogP contribution in [-0.4, -0.2) is 112 Å². The molecule has 2 saturated heterocycles. The molecule has 3 aliphatic rings. The van der Waals surface area contributed by atoms with Gasteiger partial charge in [-0.2, -0.15) is 0 Å². The van der Waals surface area contributed by atoms with Gasteiger partial charge >= 0.3 is 17.9 Å². The Hall–Kier alpha value is -2.33. The SMILES string of the molecule is COC(=O)C1=CO[C@@H](O[C@@H]2O[C@H](CO)[C@@H](O)[C@H](O)[C@H]2O)[C@@H]2[C@H](C)OC(=O)[C@@](C)(O)[C@H](C)OC(=O)C[C@H]12. The zero-order valence-electron chi connectivity index (χ0n) is 20.2. The van der Waals surface area contributed by atoms with Crippen LogP contribution in [0.25, 0.3) is 0 Å². The summed E-state index contributed by atoms with van der Waals surface area (Å²) in [4.78, 5) is 37.9. The van der Waals surface area contributed by atoms with E-state index in [-0.39, 0.29) is 5.57 Å². The van der Waals surface area contributed by atoms with Crippen LogP contribution in [-0.2, 0) is 42.8 Å². The number of cyclic esters (lactones) is 2. The van der Waals surface area contributed by atoms with Crippen LogP contribution in [0.3, 0.4) is 0 Å². The first-order chi connectivity index (χ1) is 16.8. The molecular weight excluding hydrogens is 488 g/mol. The summed E-state index contributed by atoms with van der Waals surface area (Å²) in [5.41, 5.74) is -2.28. The highest BCUT2D eigenvalue weighted by Crippen LogP contribution is 2.40. The number of hydrogen-bond donors (Lipinski definition) is 5. The topological polar surface area (TPSA) is 208 Å². The van der Waals surface area contributed by atoms with E-state index in [4.69, 9.17) is 28.4 Å². The van der Waals surface area contributed by atoms with Gasteiger partial charge in [0.15, 0.2) is 11.9 Å². The van der Waals surface area contributed by atoms with E-state index in [9.17, 15) is 39.9 Å². The molecule has 14 heteroatoms. The molecular formula is C22H32O14. The smallest absolute Gasteiger partial charge is 0.342 e. The summed E-state index contributed by atoms with van der Waals surface area (Å²) in [6, 6.07) is 0. The average molecular weight is 520 g/mol. The molecule has 3 heterocycles. The first kappa shape index (κ1) is 28.2. The lowest BCUT2D eigenvalue weighted by Gasteiger charge is -2.45. The van der Waals surface area contributed by atoms with E-state index in [1.807, 2.05) is 0 Å². The Morgan fingerprint density at radius 1 is 1.11 bits per heavy atom. The summed E-state index contributed by atoms with van der Waals surface area (Å²) < 4.78 is 32.1. The molecule has 0 amide bonds. The molecule has 11 atom stereocenters. The van der Waals surface area contributed by atoms with Crippen molar-refractivity contribution < 1.29 is 68.3 Å². The Morgan fingerprint density at radius 3 is 2.39 bits per heavy atom. The minimum Gasteiger partial charge on any atom is -0.471 e. The fourth-order valence-corrected chi connectivity index (χ4v) is 4.33. The summed E-state index contributed by atoms with van der Waals surface area (Å²) in [5, 5.41) is 50.5. The molecule has 3 rings (SSSR count). The number of aliphatic hydroxyl groups is 5. The Kier molecular flexibility index (Phi) is 8.60. The predicted molar refractivity (Wildman–Crippen MR) is 113 cm³/mol. The van der Waals surface area contributed by atoms with Gasteiger partial charge in [0.1, 0.15) is 36.6 Å². The van der Waals surface area contributed by atoms with E-state index in [0.29, 0.717) is 0 Å². The molecule has 5 N–H and O–H groups in total. The van der Waals surface area contributed by atoms with Gasteiger partial charge in [-0.15, -0.1) is 0 Å². The van der Waals surface area contributed by atoms with Crippen LogP contribution in [0.1, 0.15) is 27.2 Å². The van der Waals surface area contributed by atoms with Crippen molar-refractivity contribution >= 4 is 17.9 Å². The molecule has 0 spiro atoms. The van der Waals surface area contributed by atoms with Gasteiger partial charge in [-0.1, -0.05) is 0 Å². The molecule has 14 nitrogen and oxygen atoms in total. The molecule has 0 saturated carbocycles. The summed E-state index contributed by atoms with van der Waals surface area (Å²) in [6.07, 6.45) is -11.4. The summed E-state index contributed by atoms with van der Waals surface area (Å²) in [5.74, 6) is -4.94. The van der Waals surface area contributed by atoms with Crippen LogP contribution in [0.4, 0.5) is 0 Å². The highest BCUT2D eigenvalue weighted by Gasteiger charge is 2.52. The molecule has 3 aliphatic heterocycles. The first-order valence-corrected chi connectivity index (χ1v) is 11.4. The van der Waals surface area contributed by atoms with Crippen molar-refractivity contribution in [3.8, 4) is 0 Å². The first-order valence-electron chi connectivity index (χ1n) is 11.4. The van der Waals surface area contributed by atoms with Gasteiger partial charge in [0, 0.05) is 5.92 Å². The number of esters is 3. The maximum absolute atomic E-state index is 12.7. The van der Waals surface area contributed by atoms with Crippen molar-refractivity contribution in [1.82, 2.24) is 0 Å². The van der Waals surface area contributed by atoms with E-state index >= 15 is 0 Å². The van der Waals surface area contributed by atoms with E-state index in [0.717, 1.165) is 20.3 Å². The van der Waals surface area contributed by atoms with Crippen molar-refractivity contribution in [2.45, 2.75) is 82.0 Å².